The Morgan fingerprint density at radius 2 is 2.16 bits per heavy atom. The van der Waals surface area contributed by atoms with Gasteiger partial charge >= 0.3 is 0 Å². The van der Waals surface area contributed by atoms with Crippen molar-refractivity contribution >= 4 is 34.7 Å². The molecule has 158 valence electrons. The first kappa shape index (κ1) is 15.9. The van der Waals surface area contributed by atoms with Gasteiger partial charge in [0, 0.05) is 60.2 Å². The molecule has 31 heavy (non-hydrogen) atoms. The maximum absolute atomic E-state index is 12.7. The summed E-state index contributed by atoms with van der Waals surface area (Å²) in [6.45, 7) is -2.02. The number of carbonyl (C=O) groups is 2. The molecule has 0 unspecified atom stereocenters. The van der Waals surface area contributed by atoms with E-state index in [1.54, 1.807) is 0 Å². The van der Waals surface area contributed by atoms with Crippen molar-refractivity contribution in [1.29, 1.82) is 0 Å². The summed E-state index contributed by atoms with van der Waals surface area (Å²) in [5.74, 6) is -0.670. The Bertz CT molecular complexity index is 1280. The Hall–Kier alpha value is -3.88. The average molecular weight is 420 g/mol. The summed E-state index contributed by atoms with van der Waals surface area (Å²) in [6.07, 6.45) is 4.81. The van der Waals surface area contributed by atoms with Gasteiger partial charge in [-0.2, -0.15) is 5.10 Å². The summed E-state index contributed by atoms with van der Waals surface area (Å²) in [6, 6.07) is 7.24. The fraction of sp³-hybridized carbons (Fsp3) is 0.273. The second-order valence-corrected chi connectivity index (χ2v) is 7.77. The molecule has 1 saturated carbocycles. The van der Waals surface area contributed by atoms with Crippen molar-refractivity contribution in [3.63, 3.8) is 0 Å². The molecule has 9 heteroatoms. The molecule has 0 radical (unpaired) electrons. The maximum Gasteiger partial charge on any atom is 0.254 e. The first-order valence-electron chi connectivity index (χ1n) is 11.5. The number of hydrogen-bond donors (Lipinski definition) is 4. The van der Waals surface area contributed by atoms with Crippen molar-refractivity contribution in [2.24, 2.45) is 5.92 Å². The second kappa shape index (κ2) is 7.42. The molecule has 0 spiro atoms. The predicted molar refractivity (Wildman–Crippen MR) is 118 cm³/mol. The van der Waals surface area contributed by atoms with E-state index in [-0.39, 0.29) is 23.2 Å². The maximum atomic E-state index is 12.7. The third-order valence-electron chi connectivity index (χ3n) is 5.53. The highest BCUT2D eigenvalue weighted by Gasteiger charge is 2.30. The SMILES string of the molecule is [2H]C([2H])([2H])NC(=O)c1cnc(NC(=O)C2CC2)cc1Nc1cccc2c1N(C)Cc1c[nH]nc1-2. The molecule has 9 nitrogen and oxygen atoms in total. The van der Waals surface area contributed by atoms with Crippen LogP contribution in [0.2, 0.25) is 0 Å². The van der Waals surface area contributed by atoms with Crippen LogP contribution in [0.25, 0.3) is 11.3 Å². The van der Waals surface area contributed by atoms with E-state index < -0.39 is 12.9 Å². The first-order chi connectivity index (χ1) is 16.2. The third kappa shape index (κ3) is 3.48. The molecule has 1 aliphatic carbocycles. The topological polar surface area (TPSA) is 115 Å². The van der Waals surface area contributed by atoms with Crippen LogP contribution in [0.4, 0.5) is 22.9 Å². The molecule has 1 fully saturated rings. The van der Waals surface area contributed by atoms with E-state index in [1.165, 1.54) is 12.3 Å². The lowest BCUT2D eigenvalue weighted by Crippen LogP contribution is -2.23. The minimum Gasteiger partial charge on any atom is -0.368 e. The normalized spacial score (nSPS) is 16.3. The summed E-state index contributed by atoms with van der Waals surface area (Å²) < 4.78 is 22.2. The number of hydrogen-bond acceptors (Lipinski definition) is 6. The highest BCUT2D eigenvalue weighted by atomic mass is 16.2. The Morgan fingerprint density at radius 3 is 2.97 bits per heavy atom. The Balaban J connectivity index is 1.54. The summed E-state index contributed by atoms with van der Waals surface area (Å²) in [7, 11) is 1.95. The lowest BCUT2D eigenvalue weighted by molar-refractivity contribution is -0.117. The van der Waals surface area contributed by atoms with Crippen LogP contribution in [0, 0.1) is 5.92 Å². The van der Waals surface area contributed by atoms with Crippen molar-refractivity contribution in [3.05, 3.63) is 47.8 Å². The monoisotopic (exact) mass is 420 g/mol. The number of H-pyrrole nitrogens is 1. The predicted octanol–water partition coefficient (Wildman–Crippen LogP) is 2.87. The number of carbonyl (C=O) groups excluding carboxylic acids is 2. The number of nitrogens with one attached hydrogen (secondary N) is 4. The molecular weight excluding hydrogens is 394 g/mol. The van der Waals surface area contributed by atoms with Gasteiger partial charge in [0.15, 0.2) is 0 Å². The molecular formula is C22H23N7O2. The fourth-order valence-electron chi connectivity index (χ4n) is 3.84. The first-order valence-corrected chi connectivity index (χ1v) is 9.97. The molecule has 4 N–H and O–H groups in total. The van der Waals surface area contributed by atoms with Gasteiger partial charge in [-0.05, 0) is 18.9 Å². The molecule has 2 amide bonds. The van der Waals surface area contributed by atoms with Crippen molar-refractivity contribution in [3.8, 4) is 11.3 Å². The van der Waals surface area contributed by atoms with Gasteiger partial charge in [-0.1, -0.05) is 12.1 Å². The molecule has 0 saturated heterocycles. The van der Waals surface area contributed by atoms with Crippen LogP contribution < -0.4 is 20.9 Å². The summed E-state index contributed by atoms with van der Waals surface area (Å²) in [5.41, 5.74) is 4.77. The van der Waals surface area contributed by atoms with Crippen molar-refractivity contribution in [2.45, 2.75) is 19.4 Å². The van der Waals surface area contributed by atoms with Crippen LogP contribution in [0.15, 0.2) is 36.7 Å². The highest BCUT2D eigenvalue weighted by molar-refractivity contribution is 6.02. The van der Waals surface area contributed by atoms with Crippen LogP contribution in [0.5, 0.6) is 0 Å². The van der Waals surface area contributed by atoms with Crippen LogP contribution in [-0.4, -0.2) is 41.0 Å². The standard InChI is InChI=1S/C22H23N7O2/c1-23-22(31)15-10-24-18(27-21(30)12-6-7-12)8-17(15)26-16-5-3-4-14-19-13(9-25-28-19)11-29(2)20(14)16/h3-5,8-10,12H,6-7,11H2,1-2H3,(H,23,31)(H,25,28)(H2,24,26,27,30)/i1D3. The second-order valence-electron chi connectivity index (χ2n) is 7.77. The fourth-order valence-corrected chi connectivity index (χ4v) is 3.84. The number of aromatic nitrogens is 3. The Labute approximate surface area is 183 Å². The number of benzene rings is 1. The van der Waals surface area contributed by atoms with Gasteiger partial charge in [0.25, 0.3) is 5.91 Å². The summed E-state index contributed by atoms with van der Waals surface area (Å²) in [5, 5.41) is 15.3. The number of aromatic amines is 1. The van der Waals surface area contributed by atoms with Gasteiger partial charge in [0.05, 0.1) is 28.3 Å². The number of pyridine rings is 1. The van der Waals surface area contributed by atoms with Crippen LogP contribution in [-0.2, 0) is 11.3 Å². The summed E-state index contributed by atoms with van der Waals surface area (Å²) >= 11 is 0. The minimum absolute atomic E-state index is 0.0189. The molecule has 2 aliphatic rings. The lowest BCUT2D eigenvalue weighted by Gasteiger charge is -2.29. The highest BCUT2D eigenvalue weighted by Crippen LogP contribution is 2.43. The molecule has 5 rings (SSSR count). The van der Waals surface area contributed by atoms with Gasteiger partial charge < -0.3 is 20.9 Å². The number of nitrogens with zero attached hydrogens (tertiary/aromatic N) is 3. The molecule has 1 aliphatic heterocycles. The van der Waals surface area contributed by atoms with Crippen LogP contribution >= 0.6 is 0 Å². The number of amides is 2. The van der Waals surface area contributed by atoms with E-state index in [0.29, 0.717) is 17.9 Å². The van der Waals surface area contributed by atoms with E-state index in [9.17, 15) is 9.59 Å². The minimum atomic E-state index is -2.66. The molecule has 2 aromatic heterocycles. The Kier molecular flexibility index (Phi) is 3.81. The zero-order valence-electron chi connectivity index (χ0n) is 19.8. The molecule has 0 bridgehead atoms. The van der Waals surface area contributed by atoms with E-state index in [2.05, 4.69) is 30.7 Å². The quantitative estimate of drug-likeness (QED) is 0.505. The van der Waals surface area contributed by atoms with E-state index in [4.69, 9.17) is 4.11 Å². The van der Waals surface area contributed by atoms with E-state index in [1.807, 2.05) is 36.8 Å². The largest absolute Gasteiger partial charge is 0.368 e. The average Bonchev–Trinajstić information content (AvgIpc) is 3.51. The zero-order valence-corrected chi connectivity index (χ0v) is 16.8. The van der Waals surface area contributed by atoms with Gasteiger partial charge in [-0.15, -0.1) is 0 Å². The lowest BCUT2D eigenvalue weighted by atomic mass is 9.99. The van der Waals surface area contributed by atoms with E-state index >= 15 is 0 Å². The van der Waals surface area contributed by atoms with Crippen molar-refractivity contribution < 1.29 is 13.7 Å². The third-order valence-corrected chi connectivity index (χ3v) is 5.53. The van der Waals surface area contributed by atoms with Crippen LogP contribution in [0.1, 0.15) is 32.9 Å². The van der Waals surface area contributed by atoms with Crippen LogP contribution in [0.3, 0.4) is 0 Å². The Morgan fingerprint density at radius 1 is 1.29 bits per heavy atom. The smallest absolute Gasteiger partial charge is 0.254 e. The van der Waals surface area contributed by atoms with E-state index in [0.717, 1.165) is 35.3 Å². The number of fused-ring (bicyclic) bond motifs is 3. The van der Waals surface area contributed by atoms with Gasteiger partial charge in [-0.25, -0.2) is 4.98 Å². The van der Waals surface area contributed by atoms with Gasteiger partial charge in [-0.3, -0.25) is 14.7 Å². The molecule has 0 atom stereocenters. The summed E-state index contributed by atoms with van der Waals surface area (Å²) in [4.78, 5) is 31.2. The molecule has 1 aromatic carbocycles. The number of para-hydroxylation sites is 1. The molecule has 3 heterocycles. The molecule has 3 aromatic rings. The van der Waals surface area contributed by atoms with Gasteiger partial charge in [0.2, 0.25) is 5.91 Å². The zero-order chi connectivity index (χ0) is 24.0. The number of rotatable bonds is 5. The van der Waals surface area contributed by atoms with Crippen molar-refractivity contribution in [2.75, 3.05) is 29.6 Å². The number of anilines is 4. The van der Waals surface area contributed by atoms with Gasteiger partial charge in [0.1, 0.15) is 5.82 Å². The van der Waals surface area contributed by atoms with Crippen molar-refractivity contribution in [1.82, 2.24) is 20.5 Å².